The van der Waals surface area contributed by atoms with Gasteiger partial charge in [-0.3, -0.25) is 0 Å². The zero-order valence-corrected chi connectivity index (χ0v) is 9.37. The first kappa shape index (κ1) is 10.3. The average molecular weight is 207 g/mol. The van der Waals surface area contributed by atoms with E-state index in [1.54, 1.807) is 0 Å². The van der Waals surface area contributed by atoms with Gasteiger partial charge < -0.3 is 15.2 Å². The number of fused-ring (bicyclic) bond motifs is 1. The number of anilines is 1. The molecule has 15 heavy (non-hydrogen) atoms. The molecule has 0 saturated heterocycles. The number of hydrogen-bond donors (Lipinski definition) is 2. The number of aryl methyl sites for hydroxylation is 2. The Morgan fingerprint density at radius 2 is 2.13 bits per heavy atom. The van der Waals surface area contributed by atoms with Gasteiger partial charge in [0, 0.05) is 0 Å². The molecule has 0 spiro atoms. The monoisotopic (exact) mass is 207 g/mol. The normalized spacial score (nSPS) is 24.0. The molecule has 1 aliphatic heterocycles. The molecule has 2 N–H and O–H groups in total. The Morgan fingerprint density at radius 1 is 1.40 bits per heavy atom. The second-order valence-corrected chi connectivity index (χ2v) is 4.23. The fraction of sp³-hybridized carbons (Fsp3) is 0.500. The molecule has 0 radical (unpaired) electrons. The van der Waals surface area contributed by atoms with E-state index in [0.29, 0.717) is 0 Å². The highest BCUT2D eigenvalue weighted by Crippen LogP contribution is 2.35. The van der Waals surface area contributed by atoms with Crippen LogP contribution in [0, 0.1) is 13.8 Å². The Balaban J connectivity index is 2.40. The molecule has 0 aliphatic carbocycles. The number of aliphatic hydroxyl groups is 1. The van der Waals surface area contributed by atoms with Crippen molar-refractivity contribution in [3.63, 3.8) is 0 Å². The van der Waals surface area contributed by atoms with Crippen LogP contribution in [0.2, 0.25) is 0 Å². The largest absolute Gasteiger partial charge is 0.483 e. The molecule has 1 heterocycles. The quantitative estimate of drug-likeness (QED) is 0.738. The van der Waals surface area contributed by atoms with E-state index < -0.39 is 0 Å². The second kappa shape index (κ2) is 3.74. The van der Waals surface area contributed by atoms with Crippen LogP contribution in [0.5, 0.6) is 5.75 Å². The van der Waals surface area contributed by atoms with Crippen LogP contribution < -0.4 is 10.1 Å². The lowest BCUT2D eigenvalue weighted by Gasteiger charge is -2.33. The smallest absolute Gasteiger partial charge is 0.145 e. The SMILES string of the molecule is Cc1cc(C)c2c(c1)NC(C)C(CO)O2. The Morgan fingerprint density at radius 3 is 2.80 bits per heavy atom. The van der Waals surface area contributed by atoms with Crippen LogP contribution in [-0.4, -0.2) is 23.9 Å². The van der Waals surface area contributed by atoms with Crippen LogP contribution in [0.25, 0.3) is 0 Å². The molecule has 2 rings (SSSR count). The molecule has 0 aromatic heterocycles. The number of rotatable bonds is 1. The minimum Gasteiger partial charge on any atom is -0.483 e. The van der Waals surface area contributed by atoms with E-state index in [1.165, 1.54) is 5.56 Å². The van der Waals surface area contributed by atoms with Crippen LogP contribution >= 0.6 is 0 Å². The van der Waals surface area contributed by atoms with Gasteiger partial charge in [0.05, 0.1) is 18.3 Å². The molecule has 0 fully saturated rings. The van der Waals surface area contributed by atoms with Crippen molar-refractivity contribution in [3.05, 3.63) is 23.3 Å². The van der Waals surface area contributed by atoms with Crippen molar-refractivity contribution in [2.45, 2.75) is 32.9 Å². The number of hydrogen-bond acceptors (Lipinski definition) is 3. The first-order valence-corrected chi connectivity index (χ1v) is 5.27. The van der Waals surface area contributed by atoms with Gasteiger partial charge in [-0.05, 0) is 38.0 Å². The number of benzene rings is 1. The van der Waals surface area contributed by atoms with Crippen molar-refractivity contribution in [2.24, 2.45) is 0 Å². The summed E-state index contributed by atoms with van der Waals surface area (Å²) in [5, 5.41) is 12.5. The molecule has 1 aliphatic rings. The van der Waals surface area contributed by atoms with E-state index in [1.807, 2.05) is 13.8 Å². The van der Waals surface area contributed by atoms with Gasteiger partial charge in [0.1, 0.15) is 11.9 Å². The van der Waals surface area contributed by atoms with Crippen LogP contribution in [0.3, 0.4) is 0 Å². The van der Waals surface area contributed by atoms with E-state index in [2.05, 4.69) is 24.4 Å². The fourth-order valence-corrected chi connectivity index (χ4v) is 2.01. The fourth-order valence-electron chi connectivity index (χ4n) is 2.01. The number of aliphatic hydroxyl groups excluding tert-OH is 1. The van der Waals surface area contributed by atoms with Gasteiger partial charge in [-0.1, -0.05) is 6.07 Å². The predicted molar refractivity (Wildman–Crippen MR) is 60.5 cm³/mol. The van der Waals surface area contributed by atoms with Gasteiger partial charge >= 0.3 is 0 Å². The van der Waals surface area contributed by atoms with Crippen LogP contribution in [-0.2, 0) is 0 Å². The lowest BCUT2D eigenvalue weighted by Crippen LogP contribution is -2.42. The topological polar surface area (TPSA) is 41.5 Å². The van der Waals surface area contributed by atoms with E-state index in [4.69, 9.17) is 9.84 Å². The lowest BCUT2D eigenvalue weighted by atomic mass is 10.1. The Kier molecular flexibility index (Phi) is 2.57. The zero-order valence-electron chi connectivity index (χ0n) is 9.37. The summed E-state index contributed by atoms with van der Waals surface area (Å²) in [6.45, 7) is 6.15. The van der Waals surface area contributed by atoms with Crippen molar-refractivity contribution in [1.29, 1.82) is 0 Å². The third kappa shape index (κ3) is 1.79. The third-order valence-electron chi connectivity index (χ3n) is 2.81. The highest BCUT2D eigenvalue weighted by molar-refractivity contribution is 5.63. The maximum absolute atomic E-state index is 9.17. The van der Waals surface area contributed by atoms with Gasteiger partial charge in [0.25, 0.3) is 0 Å². The summed E-state index contributed by atoms with van der Waals surface area (Å²) in [5.74, 6) is 0.873. The van der Waals surface area contributed by atoms with E-state index in [0.717, 1.165) is 17.0 Å². The highest BCUT2D eigenvalue weighted by Gasteiger charge is 2.26. The third-order valence-corrected chi connectivity index (χ3v) is 2.81. The van der Waals surface area contributed by atoms with Gasteiger partial charge in [-0.2, -0.15) is 0 Å². The second-order valence-electron chi connectivity index (χ2n) is 4.23. The Bertz CT molecular complexity index is 376. The maximum atomic E-state index is 9.17. The summed E-state index contributed by atoms with van der Waals surface area (Å²) in [5.41, 5.74) is 3.37. The number of nitrogens with one attached hydrogen (secondary N) is 1. The van der Waals surface area contributed by atoms with Crippen molar-refractivity contribution in [1.82, 2.24) is 0 Å². The number of ether oxygens (including phenoxy) is 1. The van der Waals surface area contributed by atoms with Crippen LogP contribution in [0.1, 0.15) is 18.1 Å². The summed E-state index contributed by atoms with van der Waals surface area (Å²) < 4.78 is 5.77. The summed E-state index contributed by atoms with van der Waals surface area (Å²) >= 11 is 0. The molecule has 0 saturated carbocycles. The van der Waals surface area contributed by atoms with Crippen LogP contribution in [0.4, 0.5) is 5.69 Å². The standard InChI is InChI=1S/C12H17NO2/c1-7-4-8(2)12-10(5-7)13-9(3)11(6-14)15-12/h4-5,9,11,13-14H,6H2,1-3H3. The first-order valence-electron chi connectivity index (χ1n) is 5.27. The summed E-state index contributed by atoms with van der Waals surface area (Å²) in [6.07, 6.45) is -0.154. The highest BCUT2D eigenvalue weighted by atomic mass is 16.5. The minimum absolute atomic E-state index is 0.0426. The average Bonchev–Trinajstić information content (AvgIpc) is 2.16. The molecule has 0 amide bonds. The molecular formula is C12H17NO2. The molecule has 2 atom stereocenters. The summed E-state index contributed by atoms with van der Waals surface area (Å²) in [7, 11) is 0. The minimum atomic E-state index is -0.154. The van der Waals surface area contributed by atoms with Crippen molar-refractivity contribution in [2.75, 3.05) is 11.9 Å². The van der Waals surface area contributed by atoms with Gasteiger partial charge in [0.15, 0.2) is 0 Å². The van der Waals surface area contributed by atoms with Gasteiger partial charge in [-0.15, -0.1) is 0 Å². The molecule has 1 aromatic carbocycles. The van der Waals surface area contributed by atoms with Crippen molar-refractivity contribution >= 4 is 5.69 Å². The van der Waals surface area contributed by atoms with E-state index in [-0.39, 0.29) is 18.8 Å². The molecule has 3 heteroatoms. The molecule has 3 nitrogen and oxygen atoms in total. The summed E-state index contributed by atoms with van der Waals surface area (Å²) in [4.78, 5) is 0. The van der Waals surface area contributed by atoms with E-state index >= 15 is 0 Å². The molecule has 82 valence electrons. The molecule has 2 unspecified atom stereocenters. The van der Waals surface area contributed by atoms with Crippen molar-refractivity contribution in [3.8, 4) is 5.75 Å². The predicted octanol–water partition coefficient (Wildman–Crippen LogP) is 1.86. The van der Waals surface area contributed by atoms with Crippen LogP contribution in [0.15, 0.2) is 12.1 Å². The lowest BCUT2D eigenvalue weighted by molar-refractivity contribution is 0.0971. The Labute approximate surface area is 90.1 Å². The van der Waals surface area contributed by atoms with Gasteiger partial charge in [-0.25, -0.2) is 0 Å². The van der Waals surface area contributed by atoms with Gasteiger partial charge in [0.2, 0.25) is 0 Å². The maximum Gasteiger partial charge on any atom is 0.145 e. The molecular weight excluding hydrogens is 190 g/mol. The molecule has 0 bridgehead atoms. The zero-order chi connectivity index (χ0) is 11.0. The Hall–Kier alpha value is -1.22. The van der Waals surface area contributed by atoms with Crippen molar-refractivity contribution < 1.29 is 9.84 Å². The van der Waals surface area contributed by atoms with E-state index in [9.17, 15) is 0 Å². The molecule has 1 aromatic rings. The summed E-state index contributed by atoms with van der Waals surface area (Å²) in [6, 6.07) is 4.31. The first-order chi connectivity index (χ1) is 7.11.